The zero-order valence-electron chi connectivity index (χ0n) is 14.6. The molecule has 0 saturated heterocycles. The van der Waals surface area contributed by atoms with Crippen molar-refractivity contribution in [2.45, 2.75) is 18.3 Å². The molecule has 3 rings (SSSR count). The van der Waals surface area contributed by atoms with E-state index in [4.69, 9.17) is 14.2 Å². The van der Waals surface area contributed by atoms with Crippen LogP contribution in [0.4, 0.5) is 0 Å². The van der Waals surface area contributed by atoms with Gasteiger partial charge in [0.25, 0.3) is 5.91 Å². The third kappa shape index (κ3) is 3.87. The lowest BCUT2D eigenvalue weighted by atomic mass is 9.95. The van der Waals surface area contributed by atoms with Crippen molar-refractivity contribution in [1.29, 1.82) is 0 Å². The van der Waals surface area contributed by atoms with Crippen molar-refractivity contribution < 1.29 is 19.0 Å². The van der Waals surface area contributed by atoms with Crippen molar-refractivity contribution >= 4 is 5.91 Å². The van der Waals surface area contributed by atoms with Crippen LogP contribution in [-0.2, 0) is 10.2 Å². The molecule has 1 fully saturated rings. The Labute approximate surface area is 147 Å². The van der Waals surface area contributed by atoms with Crippen LogP contribution < -0.4 is 19.5 Å². The molecule has 5 nitrogen and oxygen atoms in total. The van der Waals surface area contributed by atoms with Gasteiger partial charge in [-0.05, 0) is 31.0 Å². The van der Waals surface area contributed by atoms with Gasteiger partial charge in [-0.15, -0.1) is 0 Å². The number of para-hydroxylation sites is 3. The number of hydrogen-bond donors (Lipinski definition) is 1. The summed E-state index contributed by atoms with van der Waals surface area (Å²) in [5.41, 5.74) is 1.13. The molecular formula is C20H23NO4. The highest BCUT2D eigenvalue weighted by Crippen LogP contribution is 2.50. The Morgan fingerprint density at radius 1 is 0.960 bits per heavy atom. The standard InChI is InChI=1S/C20H23NO4/c1-23-16-8-4-3-7-15(16)20(11-12-20)14-21-19(22)13-25-18-10-6-5-9-17(18)24-2/h3-10H,11-14H2,1-2H3,(H,21,22). The summed E-state index contributed by atoms with van der Waals surface area (Å²) < 4.78 is 16.2. The predicted molar refractivity (Wildman–Crippen MR) is 95.4 cm³/mol. The molecule has 1 aliphatic rings. The topological polar surface area (TPSA) is 56.8 Å². The lowest BCUT2D eigenvalue weighted by molar-refractivity contribution is -0.123. The molecule has 132 valence electrons. The van der Waals surface area contributed by atoms with E-state index in [2.05, 4.69) is 11.4 Å². The third-order valence-electron chi connectivity index (χ3n) is 4.58. The SMILES string of the molecule is COc1ccccc1OCC(=O)NCC1(c2ccccc2OC)CC1. The second kappa shape index (κ2) is 7.47. The molecule has 1 aliphatic carbocycles. The molecule has 0 spiro atoms. The quantitative estimate of drug-likeness (QED) is 0.802. The number of ether oxygens (including phenoxy) is 3. The van der Waals surface area contributed by atoms with E-state index >= 15 is 0 Å². The first-order valence-electron chi connectivity index (χ1n) is 8.34. The van der Waals surface area contributed by atoms with Gasteiger partial charge in [-0.25, -0.2) is 0 Å². The van der Waals surface area contributed by atoms with Crippen LogP contribution in [0.3, 0.4) is 0 Å². The first-order valence-corrected chi connectivity index (χ1v) is 8.34. The van der Waals surface area contributed by atoms with Gasteiger partial charge in [0.1, 0.15) is 5.75 Å². The van der Waals surface area contributed by atoms with Crippen LogP contribution in [-0.4, -0.2) is 33.3 Å². The number of rotatable bonds is 8. The fourth-order valence-corrected chi connectivity index (χ4v) is 2.98. The van der Waals surface area contributed by atoms with E-state index in [1.54, 1.807) is 26.4 Å². The van der Waals surface area contributed by atoms with Crippen LogP contribution in [0.5, 0.6) is 17.2 Å². The Morgan fingerprint density at radius 2 is 1.56 bits per heavy atom. The maximum absolute atomic E-state index is 12.2. The number of carbonyl (C=O) groups is 1. The van der Waals surface area contributed by atoms with Gasteiger partial charge in [-0.2, -0.15) is 0 Å². The maximum Gasteiger partial charge on any atom is 0.257 e. The van der Waals surface area contributed by atoms with Crippen LogP contribution in [0.2, 0.25) is 0 Å². The highest BCUT2D eigenvalue weighted by atomic mass is 16.5. The van der Waals surface area contributed by atoms with Crippen molar-refractivity contribution in [3.63, 3.8) is 0 Å². The van der Waals surface area contributed by atoms with Gasteiger partial charge in [0.15, 0.2) is 18.1 Å². The van der Waals surface area contributed by atoms with Crippen molar-refractivity contribution in [2.24, 2.45) is 0 Å². The van der Waals surface area contributed by atoms with E-state index in [0.29, 0.717) is 18.0 Å². The smallest absolute Gasteiger partial charge is 0.257 e. The Kier molecular flexibility index (Phi) is 5.12. The molecule has 1 saturated carbocycles. The minimum absolute atomic E-state index is 0.0211. The Bertz CT molecular complexity index is 740. The van der Waals surface area contributed by atoms with Gasteiger partial charge < -0.3 is 19.5 Å². The lowest BCUT2D eigenvalue weighted by Crippen LogP contribution is -2.35. The number of benzene rings is 2. The van der Waals surface area contributed by atoms with Crippen LogP contribution in [0.1, 0.15) is 18.4 Å². The van der Waals surface area contributed by atoms with Gasteiger partial charge in [0.05, 0.1) is 14.2 Å². The molecule has 1 amide bonds. The minimum atomic E-state index is -0.146. The molecule has 0 unspecified atom stereocenters. The maximum atomic E-state index is 12.2. The third-order valence-corrected chi connectivity index (χ3v) is 4.58. The average Bonchev–Trinajstić information content (AvgIpc) is 3.46. The molecule has 25 heavy (non-hydrogen) atoms. The predicted octanol–water partition coefficient (Wildman–Crippen LogP) is 2.93. The van der Waals surface area contributed by atoms with E-state index in [0.717, 1.165) is 24.2 Å². The van der Waals surface area contributed by atoms with Gasteiger partial charge in [0, 0.05) is 17.5 Å². The van der Waals surface area contributed by atoms with Crippen LogP contribution >= 0.6 is 0 Å². The van der Waals surface area contributed by atoms with Crippen LogP contribution in [0.15, 0.2) is 48.5 Å². The van der Waals surface area contributed by atoms with Crippen LogP contribution in [0.25, 0.3) is 0 Å². The van der Waals surface area contributed by atoms with Gasteiger partial charge in [-0.3, -0.25) is 4.79 Å². The van der Waals surface area contributed by atoms with E-state index in [-0.39, 0.29) is 17.9 Å². The molecule has 2 aromatic rings. The zero-order valence-corrected chi connectivity index (χ0v) is 14.6. The molecule has 1 N–H and O–H groups in total. The summed E-state index contributed by atoms with van der Waals surface area (Å²) in [6.07, 6.45) is 2.09. The fraction of sp³-hybridized carbons (Fsp3) is 0.350. The van der Waals surface area contributed by atoms with Crippen molar-refractivity contribution in [2.75, 3.05) is 27.4 Å². The number of amides is 1. The lowest BCUT2D eigenvalue weighted by Gasteiger charge is -2.19. The number of hydrogen-bond acceptors (Lipinski definition) is 4. The number of carbonyl (C=O) groups excluding carboxylic acids is 1. The van der Waals surface area contributed by atoms with Crippen molar-refractivity contribution in [1.82, 2.24) is 5.32 Å². The number of nitrogens with one attached hydrogen (secondary N) is 1. The summed E-state index contributed by atoms with van der Waals surface area (Å²) in [6.45, 7) is 0.546. The molecule has 0 aromatic heterocycles. The summed E-state index contributed by atoms with van der Waals surface area (Å²) in [4.78, 5) is 12.2. The summed E-state index contributed by atoms with van der Waals surface area (Å²) in [6, 6.07) is 15.3. The normalized spacial score (nSPS) is 14.5. The molecular weight excluding hydrogens is 318 g/mol. The average molecular weight is 341 g/mol. The van der Waals surface area contributed by atoms with Crippen molar-refractivity contribution in [3.05, 3.63) is 54.1 Å². The highest BCUT2D eigenvalue weighted by molar-refractivity contribution is 5.77. The second-order valence-corrected chi connectivity index (χ2v) is 6.20. The number of methoxy groups -OCH3 is 2. The first-order chi connectivity index (χ1) is 12.2. The summed E-state index contributed by atoms with van der Waals surface area (Å²) in [5.74, 6) is 1.90. The van der Waals surface area contributed by atoms with E-state index < -0.39 is 0 Å². The largest absolute Gasteiger partial charge is 0.496 e. The van der Waals surface area contributed by atoms with E-state index in [9.17, 15) is 4.79 Å². The highest BCUT2D eigenvalue weighted by Gasteiger charge is 2.46. The Hall–Kier alpha value is -2.69. The van der Waals surface area contributed by atoms with Gasteiger partial charge >= 0.3 is 0 Å². The van der Waals surface area contributed by atoms with E-state index in [1.165, 1.54) is 0 Å². The minimum Gasteiger partial charge on any atom is -0.496 e. The van der Waals surface area contributed by atoms with Gasteiger partial charge in [-0.1, -0.05) is 30.3 Å². The van der Waals surface area contributed by atoms with Crippen LogP contribution in [0, 0.1) is 0 Å². The molecule has 0 aliphatic heterocycles. The second-order valence-electron chi connectivity index (χ2n) is 6.20. The molecule has 0 heterocycles. The van der Waals surface area contributed by atoms with Gasteiger partial charge in [0.2, 0.25) is 0 Å². The Morgan fingerprint density at radius 3 is 2.20 bits per heavy atom. The summed E-state index contributed by atoms with van der Waals surface area (Å²) in [7, 11) is 3.25. The molecule has 2 aromatic carbocycles. The monoisotopic (exact) mass is 341 g/mol. The molecule has 0 bridgehead atoms. The van der Waals surface area contributed by atoms with Crippen molar-refractivity contribution in [3.8, 4) is 17.2 Å². The fourth-order valence-electron chi connectivity index (χ4n) is 2.98. The zero-order chi connectivity index (χ0) is 17.7. The van der Waals surface area contributed by atoms with E-state index in [1.807, 2.05) is 30.3 Å². The Balaban J connectivity index is 1.56. The molecule has 0 radical (unpaired) electrons. The summed E-state index contributed by atoms with van der Waals surface area (Å²) in [5, 5.41) is 2.98. The molecule has 5 heteroatoms. The first kappa shape index (κ1) is 17.1. The summed E-state index contributed by atoms with van der Waals surface area (Å²) >= 11 is 0. The molecule has 0 atom stereocenters.